The molecule has 1 aliphatic heterocycles. The average molecular weight is 533 g/mol. The van der Waals surface area contributed by atoms with Crippen molar-refractivity contribution in [3.05, 3.63) is 78.4 Å². The minimum absolute atomic E-state index is 0.194. The second kappa shape index (κ2) is 13.1. The van der Waals surface area contributed by atoms with Gasteiger partial charge in [0.05, 0.1) is 31.6 Å². The van der Waals surface area contributed by atoms with Crippen LogP contribution < -0.4 is 19.5 Å². The van der Waals surface area contributed by atoms with Crippen LogP contribution in [0.3, 0.4) is 0 Å². The highest BCUT2D eigenvalue weighted by molar-refractivity contribution is 5.64. The Kier molecular flexibility index (Phi) is 8.90. The molecule has 0 saturated carbocycles. The van der Waals surface area contributed by atoms with Gasteiger partial charge >= 0.3 is 6.01 Å². The Labute approximate surface area is 227 Å². The average Bonchev–Trinajstić information content (AvgIpc) is 3.62. The van der Waals surface area contributed by atoms with E-state index in [9.17, 15) is 5.11 Å². The lowest BCUT2D eigenvalue weighted by Gasteiger charge is -2.14. The van der Waals surface area contributed by atoms with E-state index in [1.165, 1.54) is 0 Å². The third-order valence-corrected chi connectivity index (χ3v) is 5.96. The van der Waals surface area contributed by atoms with Crippen molar-refractivity contribution in [3.8, 4) is 34.6 Å². The molecule has 0 unspecified atom stereocenters. The standard InChI is InChI=1S/C29H32N4O6/c1-2-35-14-15-37-29-31-28(22-8-13-26-27(16-22)39-20-38-26)33(32-29)24-11-9-23(10-12-24)30-17-25(34)19-36-18-21-6-4-3-5-7-21/h3-13,16,25,30,34H,2,14-15,17-20H2,1H3/t25-/m0/s1. The van der Waals surface area contributed by atoms with Gasteiger partial charge in [0, 0.05) is 24.4 Å². The quantitative estimate of drug-likeness (QED) is 0.232. The molecule has 5 rings (SSSR count). The van der Waals surface area contributed by atoms with Crippen LogP contribution in [0.15, 0.2) is 72.8 Å². The summed E-state index contributed by atoms with van der Waals surface area (Å²) in [6.07, 6.45) is -0.641. The molecule has 10 nitrogen and oxygen atoms in total. The van der Waals surface area contributed by atoms with Crippen molar-refractivity contribution in [1.82, 2.24) is 14.8 Å². The van der Waals surface area contributed by atoms with Gasteiger partial charge in [-0.1, -0.05) is 30.3 Å². The molecule has 0 saturated heterocycles. The van der Waals surface area contributed by atoms with Crippen LogP contribution in [0.1, 0.15) is 12.5 Å². The molecule has 0 radical (unpaired) electrons. The summed E-state index contributed by atoms with van der Waals surface area (Å²) in [5, 5.41) is 18.1. The van der Waals surface area contributed by atoms with E-state index in [2.05, 4.69) is 15.4 Å². The van der Waals surface area contributed by atoms with Crippen LogP contribution in [0.4, 0.5) is 5.69 Å². The van der Waals surface area contributed by atoms with Gasteiger partial charge in [-0.2, -0.15) is 4.98 Å². The van der Waals surface area contributed by atoms with Crippen LogP contribution in [0.2, 0.25) is 0 Å². The lowest BCUT2D eigenvalue weighted by atomic mass is 10.2. The number of aliphatic hydroxyl groups is 1. The zero-order valence-electron chi connectivity index (χ0n) is 21.8. The maximum absolute atomic E-state index is 10.3. The maximum Gasteiger partial charge on any atom is 0.336 e. The molecule has 2 heterocycles. The number of aliphatic hydroxyl groups excluding tert-OH is 1. The van der Waals surface area contributed by atoms with E-state index in [0.717, 1.165) is 22.5 Å². The summed E-state index contributed by atoms with van der Waals surface area (Å²) in [6.45, 7) is 4.61. The van der Waals surface area contributed by atoms with Crippen LogP contribution in [-0.4, -0.2) is 65.7 Å². The molecular formula is C29H32N4O6. The molecule has 2 N–H and O–H groups in total. The van der Waals surface area contributed by atoms with Gasteiger partial charge in [-0.25, -0.2) is 4.68 Å². The number of aromatic nitrogens is 3. The molecule has 3 aromatic carbocycles. The Hall–Kier alpha value is -4.12. The molecule has 0 bridgehead atoms. The zero-order valence-corrected chi connectivity index (χ0v) is 21.8. The highest BCUT2D eigenvalue weighted by atomic mass is 16.7. The van der Waals surface area contributed by atoms with E-state index < -0.39 is 6.10 Å². The van der Waals surface area contributed by atoms with Gasteiger partial charge in [0.25, 0.3) is 0 Å². The molecule has 0 fully saturated rings. The smallest absolute Gasteiger partial charge is 0.336 e. The maximum atomic E-state index is 10.3. The number of nitrogens with zero attached hydrogens (tertiary/aromatic N) is 3. The van der Waals surface area contributed by atoms with Gasteiger partial charge in [0.15, 0.2) is 17.3 Å². The summed E-state index contributed by atoms with van der Waals surface area (Å²) in [5.41, 5.74) is 3.54. The number of fused-ring (bicyclic) bond motifs is 1. The summed E-state index contributed by atoms with van der Waals surface area (Å²) < 4.78 is 29.4. The molecule has 0 aliphatic carbocycles. The van der Waals surface area contributed by atoms with E-state index in [4.69, 9.17) is 23.7 Å². The lowest BCUT2D eigenvalue weighted by molar-refractivity contribution is 0.0348. The van der Waals surface area contributed by atoms with Crippen molar-refractivity contribution in [2.24, 2.45) is 0 Å². The molecule has 4 aromatic rings. The summed E-state index contributed by atoms with van der Waals surface area (Å²) in [5.74, 6) is 1.96. The third-order valence-electron chi connectivity index (χ3n) is 5.96. The van der Waals surface area contributed by atoms with Crippen LogP contribution >= 0.6 is 0 Å². The Morgan fingerprint density at radius 1 is 0.974 bits per heavy atom. The fourth-order valence-electron chi connectivity index (χ4n) is 4.00. The Morgan fingerprint density at radius 3 is 2.62 bits per heavy atom. The van der Waals surface area contributed by atoms with Crippen molar-refractivity contribution >= 4 is 5.69 Å². The predicted octanol–water partition coefficient (Wildman–Crippen LogP) is 4.07. The summed E-state index contributed by atoms with van der Waals surface area (Å²) in [6, 6.07) is 23.5. The second-order valence-corrected chi connectivity index (χ2v) is 8.83. The van der Waals surface area contributed by atoms with Gasteiger partial charge in [0.2, 0.25) is 6.79 Å². The van der Waals surface area contributed by atoms with Crippen molar-refractivity contribution < 1.29 is 28.8 Å². The molecule has 1 atom stereocenters. The van der Waals surface area contributed by atoms with Crippen LogP contribution in [-0.2, 0) is 16.1 Å². The van der Waals surface area contributed by atoms with Crippen molar-refractivity contribution in [1.29, 1.82) is 0 Å². The number of benzene rings is 3. The minimum atomic E-state index is -0.641. The van der Waals surface area contributed by atoms with Crippen LogP contribution in [0.5, 0.6) is 17.5 Å². The number of hydrogen-bond donors (Lipinski definition) is 2. The van der Waals surface area contributed by atoms with E-state index >= 15 is 0 Å². The first-order chi connectivity index (χ1) is 19.2. The predicted molar refractivity (Wildman–Crippen MR) is 146 cm³/mol. The molecule has 10 heteroatoms. The molecule has 39 heavy (non-hydrogen) atoms. The molecule has 1 aromatic heterocycles. The van der Waals surface area contributed by atoms with Gasteiger partial charge in [-0.15, -0.1) is 5.10 Å². The first kappa shape index (κ1) is 26.5. The fourth-order valence-corrected chi connectivity index (χ4v) is 4.00. The third kappa shape index (κ3) is 7.05. The number of anilines is 1. The van der Waals surface area contributed by atoms with Crippen molar-refractivity contribution in [3.63, 3.8) is 0 Å². The first-order valence-electron chi connectivity index (χ1n) is 12.9. The van der Waals surface area contributed by atoms with Crippen molar-refractivity contribution in [2.45, 2.75) is 19.6 Å². The van der Waals surface area contributed by atoms with Gasteiger partial charge in [-0.05, 0) is 55.0 Å². The monoisotopic (exact) mass is 532 g/mol. The lowest BCUT2D eigenvalue weighted by Crippen LogP contribution is -2.24. The molecular weight excluding hydrogens is 500 g/mol. The Bertz CT molecular complexity index is 1330. The fraction of sp³-hybridized carbons (Fsp3) is 0.310. The summed E-state index contributed by atoms with van der Waals surface area (Å²) >= 11 is 0. The van der Waals surface area contributed by atoms with E-state index in [1.54, 1.807) is 4.68 Å². The zero-order chi connectivity index (χ0) is 26.9. The largest absolute Gasteiger partial charge is 0.460 e. The van der Waals surface area contributed by atoms with E-state index in [1.807, 2.05) is 79.7 Å². The van der Waals surface area contributed by atoms with Gasteiger partial charge in [0.1, 0.15) is 6.61 Å². The molecule has 1 aliphatic rings. The van der Waals surface area contributed by atoms with Gasteiger partial charge in [-0.3, -0.25) is 0 Å². The Morgan fingerprint density at radius 2 is 1.79 bits per heavy atom. The number of rotatable bonds is 14. The van der Waals surface area contributed by atoms with Crippen molar-refractivity contribution in [2.75, 3.05) is 45.1 Å². The Balaban J connectivity index is 1.24. The highest BCUT2D eigenvalue weighted by Crippen LogP contribution is 2.36. The van der Waals surface area contributed by atoms with Crippen LogP contribution in [0.25, 0.3) is 17.1 Å². The topological polar surface area (TPSA) is 109 Å². The SMILES string of the molecule is CCOCCOc1nc(-c2ccc3c(c2)OCO3)n(-c2ccc(NC[C@H](O)COCc3ccccc3)cc2)n1. The van der Waals surface area contributed by atoms with Gasteiger partial charge < -0.3 is 34.1 Å². The minimum Gasteiger partial charge on any atom is -0.460 e. The highest BCUT2D eigenvalue weighted by Gasteiger charge is 2.19. The first-order valence-corrected chi connectivity index (χ1v) is 12.9. The molecule has 204 valence electrons. The second-order valence-electron chi connectivity index (χ2n) is 8.83. The summed E-state index contributed by atoms with van der Waals surface area (Å²) in [4.78, 5) is 4.63. The summed E-state index contributed by atoms with van der Waals surface area (Å²) in [7, 11) is 0. The number of ether oxygens (including phenoxy) is 5. The number of hydrogen-bond acceptors (Lipinski definition) is 9. The van der Waals surface area contributed by atoms with E-state index in [0.29, 0.717) is 50.3 Å². The molecule has 0 amide bonds. The normalized spacial score (nSPS) is 12.9. The number of nitrogens with one attached hydrogen (secondary N) is 1. The van der Waals surface area contributed by atoms with Crippen LogP contribution in [0, 0.1) is 0 Å². The molecule has 0 spiro atoms. The van der Waals surface area contributed by atoms with E-state index in [-0.39, 0.29) is 19.4 Å².